The number of halogens is 1. The number of hydrogen-bond acceptors (Lipinski definition) is 2. The summed E-state index contributed by atoms with van der Waals surface area (Å²) in [5, 5.41) is 0. The van der Waals surface area contributed by atoms with Gasteiger partial charge in [-0.05, 0) is 23.6 Å². The topological polar surface area (TPSA) is 35.2 Å². The smallest absolute Gasteiger partial charge is 0.0727 e. The summed E-state index contributed by atoms with van der Waals surface area (Å²) in [6.07, 6.45) is 6.40. The SMILES string of the molecule is CCCCCCCOCc1ccc(CN)cc1Br. The molecular formula is C15H24BrNO. The van der Waals surface area contributed by atoms with Crippen LogP contribution in [0.1, 0.15) is 50.2 Å². The molecular weight excluding hydrogens is 290 g/mol. The normalized spacial score (nSPS) is 10.8. The maximum atomic E-state index is 5.69. The predicted molar refractivity (Wildman–Crippen MR) is 80.4 cm³/mol. The Morgan fingerprint density at radius 1 is 1.17 bits per heavy atom. The Balaban J connectivity index is 2.19. The van der Waals surface area contributed by atoms with Crippen molar-refractivity contribution < 1.29 is 4.74 Å². The summed E-state index contributed by atoms with van der Waals surface area (Å²) in [5.74, 6) is 0. The molecule has 0 bridgehead atoms. The van der Waals surface area contributed by atoms with Gasteiger partial charge in [0.05, 0.1) is 6.61 Å². The maximum absolute atomic E-state index is 5.69. The second kappa shape index (κ2) is 9.54. The van der Waals surface area contributed by atoms with Gasteiger partial charge in [0.2, 0.25) is 0 Å². The molecule has 0 saturated carbocycles. The van der Waals surface area contributed by atoms with Crippen molar-refractivity contribution in [1.82, 2.24) is 0 Å². The highest BCUT2D eigenvalue weighted by Gasteiger charge is 2.01. The van der Waals surface area contributed by atoms with Gasteiger partial charge in [-0.15, -0.1) is 0 Å². The fraction of sp³-hybridized carbons (Fsp3) is 0.600. The summed E-state index contributed by atoms with van der Waals surface area (Å²) in [6.45, 7) is 4.35. The molecule has 0 aliphatic heterocycles. The van der Waals surface area contributed by atoms with E-state index < -0.39 is 0 Å². The second-order valence-corrected chi connectivity index (χ2v) is 5.45. The van der Waals surface area contributed by atoms with E-state index in [1.165, 1.54) is 37.7 Å². The molecule has 0 spiro atoms. The highest BCUT2D eigenvalue weighted by molar-refractivity contribution is 9.10. The molecule has 0 aliphatic carbocycles. The number of unbranched alkanes of at least 4 members (excludes halogenated alkanes) is 4. The Morgan fingerprint density at radius 3 is 2.61 bits per heavy atom. The molecule has 102 valence electrons. The summed E-state index contributed by atoms with van der Waals surface area (Å²) in [7, 11) is 0. The van der Waals surface area contributed by atoms with Crippen LogP contribution in [0.5, 0.6) is 0 Å². The van der Waals surface area contributed by atoms with Gasteiger partial charge in [0.25, 0.3) is 0 Å². The number of ether oxygens (including phenoxy) is 1. The summed E-state index contributed by atoms with van der Waals surface area (Å²) in [4.78, 5) is 0. The van der Waals surface area contributed by atoms with Gasteiger partial charge in [-0.2, -0.15) is 0 Å². The molecule has 0 saturated heterocycles. The van der Waals surface area contributed by atoms with Crippen LogP contribution in [0.25, 0.3) is 0 Å². The van der Waals surface area contributed by atoms with E-state index in [0.717, 1.165) is 16.6 Å². The van der Waals surface area contributed by atoms with Crippen LogP contribution in [0.3, 0.4) is 0 Å². The van der Waals surface area contributed by atoms with Crippen molar-refractivity contribution in [3.05, 3.63) is 33.8 Å². The molecule has 3 heteroatoms. The molecule has 0 fully saturated rings. The lowest BCUT2D eigenvalue weighted by Crippen LogP contribution is -1.99. The van der Waals surface area contributed by atoms with Crippen LogP contribution in [0.15, 0.2) is 22.7 Å². The first-order valence-electron chi connectivity index (χ1n) is 6.83. The highest BCUT2D eigenvalue weighted by Crippen LogP contribution is 2.19. The van der Waals surface area contributed by atoms with Crippen LogP contribution in [-0.4, -0.2) is 6.61 Å². The molecule has 0 atom stereocenters. The third-order valence-corrected chi connectivity index (χ3v) is 3.74. The average Bonchev–Trinajstić information content (AvgIpc) is 2.39. The lowest BCUT2D eigenvalue weighted by molar-refractivity contribution is 0.116. The van der Waals surface area contributed by atoms with E-state index in [9.17, 15) is 0 Å². The van der Waals surface area contributed by atoms with Crippen molar-refractivity contribution in [3.8, 4) is 0 Å². The number of hydrogen-bond donors (Lipinski definition) is 1. The van der Waals surface area contributed by atoms with E-state index in [4.69, 9.17) is 10.5 Å². The highest BCUT2D eigenvalue weighted by atomic mass is 79.9. The molecule has 2 N–H and O–H groups in total. The Hall–Kier alpha value is -0.380. The molecule has 1 rings (SSSR count). The lowest BCUT2D eigenvalue weighted by Gasteiger charge is -2.08. The van der Waals surface area contributed by atoms with Crippen LogP contribution in [-0.2, 0) is 17.9 Å². The quantitative estimate of drug-likeness (QED) is 0.686. The van der Waals surface area contributed by atoms with Crippen LogP contribution in [0.4, 0.5) is 0 Å². The number of rotatable bonds is 9. The summed E-state index contributed by atoms with van der Waals surface area (Å²) < 4.78 is 6.79. The van der Waals surface area contributed by atoms with E-state index in [2.05, 4.69) is 41.1 Å². The van der Waals surface area contributed by atoms with Gasteiger partial charge in [0.15, 0.2) is 0 Å². The zero-order valence-electron chi connectivity index (χ0n) is 11.3. The Kier molecular flexibility index (Phi) is 8.31. The van der Waals surface area contributed by atoms with E-state index in [1.54, 1.807) is 0 Å². The zero-order valence-corrected chi connectivity index (χ0v) is 12.8. The summed E-state index contributed by atoms with van der Waals surface area (Å²) in [5.41, 5.74) is 7.94. The van der Waals surface area contributed by atoms with E-state index in [1.807, 2.05) is 0 Å². The van der Waals surface area contributed by atoms with Gasteiger partial charge >= 0.3 is 0 Å². The first kappa shape index (κ1) is 15.7. The molecule has 0 aliphatic rings. The van der Waals surface area contributed by atoms with Crippen molar-refractivity contribution in [2.24, 2.45) is 5.73 Å². The molecule has 1 aromatic rings. The Morgan fingerprint density at radius 2 is 1.94 bits per heavy atom. The molecule has 0 aromatic heterocycles. The van der Waals surface area contributed by atoms with Crippen molar-refractivity contribution in [2.45, 2.75) is 52.2 Å². The minimum Gasteiger partial charge on any atom is -0.377 e. The minimum atomic E-state index is 0.581. The van der Waals surface area contributed by atoms with Gasteiger partial charge in [0, 0.05) is 17.6 Å². The van der Waals surface area contributed by atoms with Crippen LogP contribution in [0, 0.1) is 0 Å². The van der Waals surface area contributed by atoms with Gasteiger partial charge < -0.3 is 10.5 Å². The molecule has 0 amide bonds. The van der Waals surface area contributed by atoms with Crippen LogP contribution >= 0.6 is 15.9 Å². The van der Waals surface area contributed by atoms with Gasteiger partial charge in [-0.3, -0.25) is 0 Å². The van der Waals surface area contributed by atoms with Crippen molar-refractivity contribution in [1.29, 1.82) is 0 Å². The Labute approximate surface area is 119 Å². The van der Waals surface area contributed by atoms with Gasteiger partial charge in [0.1, 0.15) is 0 Å². The number of nitrogens with two attached hydrogens (primary N) is 1. The van der Waals surface area contributed by atoms with Crippen molar-refractivity contribution >= 4 is 15.9 Å². The second-order valence-electron chi connectivity index (χ2n) is 4.60. The molecule has 18 heavy (non-hydrogen) atoms. The third kappa shape index (κ3) is 5.98. The van der Waals surface area contributed by atoms with Gasteiger partial charge in [-0.1, -0.05) is 60.7 Å². The van der Waals surface area contributed by atoms with E-state index in [0.29, 0.717) is 13.2 Å². The third-order valence-electron chi connectivity index (χ3n) is 3.00. The van der Waals surface area contributed by atoms with Crippen molar-refractivity contribution in [2.75, 3.05) is 6.61 Å². The van der Waals surface area contributed by atoms with Crippen LogP contribution < -0.4 is 5.73 Å². The van der Waals surface area contributed by atoms with E-state index >= 15 is 0 Å². The zero-order chi connectivity index (χ0) is 13.2. The monoisotopic (exact) mass is 313 g/mol. The maximum Gasteiger partial charge on any atom is 0.0727 e. The lowest BCUT2D eigenvalue weighted by atomic mass is 10.1. The van der Waals surface area contributed by atoms with Gasteiger partial charge in [-0.25, -0.2) is 0 Å². The fourth-order valence-electron chi connectivity index (χ4n) is 1.82. The molecule has 0 unspecified atom stereocenters. The molecule has 2 nitrogen and oxygen atoms in total. The number of benzene rings is 1. The predicted octanol–water partition coefficient (Wildman–Crippen LogP) is 4.39. The first-order chi connectivity index (χ1) is 8.77. The standard InChI is InChI=1S/C15H24BrNO/c1-2-3-4-5-6-9-18-12-14-8-7-13(11-17)10-15(14)16/h7-8,10H,2-6,9,11-12,17H2,1H3. The average molecular weight is 314 g/mol. The molecule has 0 heterocycles. The minimum absolute atomic E-state index is 0.581. The first-order valence-corrected chi connectivity index (χ1v) is 7.62. The summed E-state index contributed by atoms with van der Waals surface area (Å²) in [6, 6.07) is 6.22. The fourth-order valence-corrected chi connectivity index (χ4v) is 2.37. The molecule has 1 aromatic carbocycles. The van der Waals surface area contributed by atoms with Crippen molar-refractivity contribution in [3.63, 3.8) is 0 Å². The molecule has 0 radical (unpaired) electrons. The summed E-state index contributed by atoms with van der Waals surface area (Å²) >= 11 is 3.56. The van der Waals surface area contributed by atoms with E-state index in [-0.39, 0.29) is 0 Å². The Bertz CT molecular complexity index is 341. The largest absolute Gasteiger partial charge is 0.377 e. The van der Waals surface area contributed by atoms with Crippen LogP contribution in [0.2, 0.25) is 0 Å².